The molecular formula is C20H23N3O5S. The first kappa shape index (κ1) is 20.8. The standard InChI is InChI=1S/C20H23N3O5S/c1-11(6-8-15(24)22-20-23-21-10-29-20)5-7-13-17(26-3)12(2)14-9-28-19(25)16(14)18(13)27-4/h5,10H,6-9H2,1-4H3,(H,22,23,24). The maximum atomic E-state index is 12.2. The molecular weight excluding hydrogens is 394 g/mol. The van der Waals surface area contributed by atoms with Crippen molar-refractivity contribution in [2.75, 3.05) is 19.5 Å². The lowest BCUT2D eigenvalue weighted by Crippen LogP contribution is -2.11. The van der Waals surface area contributed by atoms with E-state index in [2.05, 4.69) is 15.5 Å². The largest absolute Gasteiger partial charge is 0.496 e. The predicted octanol–water partition coefficient (Wildman–Crippen LogP) is 3.44. The number of carbonyl (C=O) groups excluding carboxylic acids is 2. The molecule has 9 heteroatoms. The number of amides is 1. The van der Waals surface area contributed by atoms with Gasteiger partial charge in [0.2, 0.25) is 11.0 Å². The van der Waals surface area contributed by atoms with Gasteiger partial charge in [0.05, 0.1) is 14.2 Å². The first-order valence-electron chi connectivity index (χ1n) is 9.11. The molecule has 0 radical (unpaired) electrons. The number of carbonyl (C=O) groups is 2. The second-order valence-electron chi connectivity index (χ2n) is 6.65. The number of methoxy groups -OCH3 is 2. The van der Waals surface area contributed by atoms with Gasteiger partial charge in [-0.1, -0.05) is 23.0 Å². The van der Waals surface area contributed by atoms with Crippen LogP contribution in [-0.4, -0.2) is 36.3 Å². The molecule has 0 bridgehead atoms. The van der Waals surface area contributed by atoms with E-state index in [0.717, 1.165) is 22.3 Å². The number of benzene rings is 1. The zero-order valence-corrected chi connectivity index (χ0v) is 17.6. The highest BCUT2D eigenvalue weighted by Crippen LogP contribution is 2.42. The third kappa shape index (κ3) is 4.40. The van der Waals surface area contributed by atoms with Gasteiger partial charge >= 0.3 is 5.97 Å². The number of esters is 1. The van der Waals surface area contributed by atoms with Crippen LogP contribution >= 0.6 is 11.3 Å². The van der Waals surface area contributed by atoms with Crippen LogP contribution in [0.2, 0.25) is 0 Å². The van der Waals surface area contributed by atoms with Crippen molar-refractivity contribution in [2.45, 2.75) is 39.7 Å². The van der Waals surface area contributed by atoms with Crippen LogP contribution in [0.5, 0.6) is 11.5 Å². The summed E-state index contributed by atoms with van der Waals surface area (Å²) < 4.78 is 16.4. The molecule has 2 aromatic rings. The quantitative estimate of drug-likeness (QED) is 0.519. The predicted molar refractivity (Wildman–Crippen MR) is 109 cm³/mol. The molecule has 1 aliphatic heterocycles. The van der Waals surface area contributed by atoms with E-state index in [1.54, 1.807) is 12.6 Å². The number of allylic oxidation sites excluding steroid dienone is 2. The van der Waals surface area contributed by atoms with E-state index in [1.807, 2.05) is 19.9 Å². The van der Waals surface area contributed by atoms with Gasteiger partial charge in [0.25, 0.3) is 0 Å². The lowest BCUT2D eigenvalue weighted by molar-refractivity contribution is -0.116. The first-order valence-corrected chi connectivity index (χ1v) is 9.99. The van der Waals surface area contributed by atoms with E-state index in [4.69, 9.17) is 14.2 Å². The van der Waals surface area contributed by atoms with E-state index in [1.165, 1.54) is 18.4 Å². The highest BCUT2D eigenvalue weighted by Gasteiger charge is 2.32. The summed E-state index contributed by atoms with van der Waals surface area (Å²) in [5.74, 6) is 0.693. The van der Waals surface area contributed by atoms with Gasteiger partial charge in [-0.05, 0) is 32.3 Å². The summed E-state index contributed by atoms with van der Waals surface area (Å²) in [6.07, 6.45) is 3.47. The van der Waals surface area contributed by atoms with Gasteiger partial charge < -0.3 is 19.5 Å². The monoisotopic (exact) mass is 417 g/mol. The number of cyclic esters (lactones) is 1. The number of aromatic nitrogens is 2. The van der Waals surface area contributed by atoms with E-state index >= 15 is 0 Å². The summed E-state index contributed by atoms with van der Waals surface area (Å²) in [6, 6.07) is 0. The number of nitrogens with one attached hydrogen (secondary N) is 1. The van der Waals surface area contributed by atoms with Gasteiger partial charge in [-0.15, -0.1) is 10.2 Å². The van der Waals surface area contributed by atoms with Gasteiger partial charge in [-0.2, -0.15) is 0 Å². The average molecular weight is 417 g/mol. The van der Waals surface area contributed by atoms with Crippen LogP contribution < -0.4 is 14.8 Å². The van der Waals surface area contributed by atoms with Crippen molar-refractivity contribution in [1.82, 2.24) is 10.2 Å². The fraction of sp³-hybridized carbons (Fsp3) is 0.400. The van der Waals surface area contributed by atoms with Crippen molar-refractivity contribution < 1.29 is 23.8 Å². The molecule has 1 N–H and O–H groups in total. The molecule has 1 aromatic heterocycles. The SMILES string of the molecule is COc1c(C)c2c(c(OC)c1CC=C(C)CCC(=O)Nc1nncs1)C(=O)OC2. The highest BCUT2D eigenvalue weighted by atomic mass is 32.1. The summed E-state index contributed by atoms with van der Waals surface area (Å²) in [4.78, 5) is 24.2. The van der Waals surface area contributed by atoms with Gasteiger partial charge in [0.15, 0.2) is 0 Å². The molecule has 29 heavy (non-hydrogen) atoms. The van der Waals surface area contributed by atoms with E-state index in [9.17, 15) is 9.59 Å². The van der Waals surface area contributed by atoms with Crippen LogP contribution in [0, 0.1) is 6.92 Å². The second-order valence-corrected chi connectivity index (χ2v) is 7.48. The molecule has 1 aliphatic rings. The number of nitrogens with zero attached hydrogens (tertiary/aromatic N) is 2. The minimum atomic E-state index is -0.377. The fourth-order valence-electron chi connectivity index (χ4n) is 3.33. The maximum Gasteiger partial charge on any atom is 0.342 e. The second kappa shape index (κ2) is 9.04. The number of hydrogen-bond donors (Lipinski definition) is 1. The number of fused-ring (bicyclic) bond motifs is 1. The summed E-state index contributed by atoms with van der Waals surface area (Å²) in [6.45, 7) is 4.11. The molecule has 3 rings (SSSR count). The van der Waals surface area contributed by atoms with Crippen molar-refractivity contribution >= 4 is 28.3 Å². The van der Waals surface area contributed by atoms with E-state index in [-0.39, 0.29) is 18.5 Å². The molecule has 1 amide bonds. The van der Waals surface area contributed by atoms with Crippen molar-refractivity contribution in [1.29, 1.82) is 0 Å². The lowest BCUT2D eigenvalue weighted by Gasteiger charge is -2.18. The highest BCUT2D eigenvalue weighted by molar-refractivity contribution is 7.13. The first-order chi connectivity index (χ1) is 14.0. The van der Waals surface area contributed by atoms with Gasteiger partial charge in [0, 0.05) is 17.5 Å². The summed E-state index contributed by atoms with van der Waals surface area (Å²) in [7, 11) is 3.14. The summed E-state index contributed by atoms with van der Waals surface area (Å²) in [5.41, 5.74) is 5.57. The van der Waals surface area contributed by atoms with Crippen LogP contribution in [0.4, 0.5) is 5.13 Å². The van der Waals surface area contributed by atoms with Gasteiger partial charge in [-0.3, -0.25) is 4.79 Å². The third-order valence-electron chi connectivity index (χ3n) is 4.84. The van der Waals surface area contributed by atoms with Crippen LogP contribution in [0.15, 0.2) is 17.2 Å². The molecule has 0 fully saturated rings. The Morgan fingerprint density at radius 3 is 2.72 bits per heavy atom. The molecule has 0 unspecified atom stereocenters. The van der Waals surface area contributed by atoms with Crippen LogP contribution in [-0.2, 0) is 22.6 Å². The minimum absolute atomic E-state index is 0.110. The van der Waals surface area contributed by atoms with Crippen molar-refractivity contribution in [3.63, 3.8) is 0 Å². The molecule has 8 nitrogen and oxygen atoms in total. The smallest absolute Gasteiger partial charge is 0.342 e. The molecule has 0 saturated carbocycles. The molecule has 0 spiro atoms. The van der Waals surface area contributed by atoms with Crippen molar-refractivity contribution in [3.8, 4) is 11.5 Å². The van der Waals surface area contributed by atoms with Crippen LogP contribution in [0.1, 0.15) is 46.8 Å². The number of anilines is 1. The third-order valence-corrected chi connectivity index (χ3v) is 5.44. The van der Waals surface area contributed by atoms with Crippen LogP contribution in [0.25, 0.3) is 0 Å². The number of ether oxygens (including phenoxy) is 3. The Labute approximate surface area is 172 Å². The van der Waals surface area contributed by atoms with Gasteiger partial charge in [-0.25, -0.2) is 4.79 Å². The Bertz CT molecular complexity index is 954. The Kier molecular flexibility index (Phi) is 6.48. The molecule has 1 aromatic carbocycles. The molecule has 0 saturated heterocycles. The lowest BCUT2D eigenvalue weighted by atomic mass is 9.94. The van der Waals surface area contributed by atoms with Crippen molar-refractivity contribution in [2.24, 2.45) is 0 Å². The minimum Gasteiger partial charge on any atom is -0.496 e. The van der Waals surface area contributed by atoms with E-state index < -0.39 is 0 Å². The van der Waals surface area contributed by atoms with E-state index in [0.29, 0.717) is 41.5 Å². The summed E-state index contributed by atoms with van der Waals surface area (Å²) >= 11 is 1.28. The molecule has 0 atom stereocenters. The Morgan fingerprint density at radius 1 is 1.31 bits per heavy atom. The number of hydrogen-bond acceptors (Lipinski definition) is 8. The van der Waals surface area contributed by atoms with Crippen molar-refractivity contribution in [3.05, 3.63) is 39.4 Å². The zero-order valence-electron chi connectivity index (χ0n) is 16.8. The Hall–Kier alpha value is -2.94. The maximum absolute atomic E-state index is 12.2. The Morgan fingerprint density at radius 2 is 2.07 bits per heavy atom. The normalized spacial score (nSPS) is 13.1. The fourth-order valence-corrected chi connectivity index (χ4v) is 3.79. The van der Waals surface area contributed by atoms with Crippen LogP contribution in [0.3, 0.4) is 0 Å². The Balaban J connectivity index is 1.75. The summed E-state index contributed by atoms with van der Waals surface area (Å²) in [5, 5.41) is 10.7. The average Bonchev–Trinajstić information content (AvgIpc) is 3.35. The zero-order chi connectivity index (χ0) is 21.0. The number of rotatable bonds is 8. The molecule has 2 heterocycles. The topological polar surface area (TPSA) is 99.6 Å². The molecule has 0 aliphatic carbocycles. The van der Waals surface area contributed by atoms with Gasteiger partial charge in [0.1, 0.15) is 29.2 Å². The molecule has 154 valence electrons.